The Bertz CT molecular complexity index is 980. The Morgan fingerprint density at radius 3 is 3.05 bits per heavy atom. The van der Waals surface area contributed by atoms with Crippen molar-refractivity contribution in [2.45, 2.75) is 25.8 Å². The molecule has 0 unspecified atom stereocenters. The molecule has 108 valence electrons. The summed E-state index contributed by atoms with van der Waals surface area (Å²) in [5, 5.41) is 9.74. The van der Waals surface area contributed by atoms with E-state index < -0.39 is 0 Å². The lowest BCUT2D eigenvalue weighted by Crippen LogP contribution is -2.28. The molecule has 6 heteroatoms. The van der Waals surface area contributed by atoms with Crippen LogP contribution in [-0.4, -0.2) is 14.5 Å². The highest BCUT2D eigenvalue weighted by molar-refractivity contribution is 7.21. The summed E-state index contributed by atoms with van der Waals surface area (Å²) in [6, 6.07) is 9.39. The van der Waals surface area contributed by atoms with Crippen LogP contribution in [0.5, 0.6) is 0 Å². The maximum atomic E-state index is 12.6. The molecule has 5 nitrogen and oxygen atoms in total. The lowest BCUT2D eigenvalue weighted by molar-refractivity contribution is 0.501. The van der Waals surface area contributed by atoms with Gasteiger partial charge in [0.25, 0.3) is 5.56 Å². The van der Waals surface area contributed by atoms with Gasteiger partial charge in [0.05, 0.1) is 11.6 Å². The van der Waals surface area contributed by atoms with Gasteiger partial charge in [0.15, 0.2) is 10.3 Å². The molecular weight excluding hydrogens is 296 g/mol. The van der Waals surface area contributed by atoms with E-state index in [0.29, 0.717) is 15.9 Å². The highest BCUT2D eigenvalue weighted by atomic mass is 32.1. The minimum Gasteiger partial charge on any atom is -0.295 e. The average Bonchev–Trinajstić information content (AvgIpc) is 2.99. The van der Waals surface area contributed by atoms with Crippen molar-refractivity contribution in [1.29, 1.82) is 5.26 Å². The molecular formula is C16H12N4OS. The number of rotatable bonds is 1. The molecule has 1 aliphatic heterocycles. The Kier molecular flexibility index (Phi) is 3.01. The summed E-state index contributed by atoms with van der Waals surface area (Å²) in [7, 11) is 0. The van der Waals surface area contributed by atoms with Crippen molar-refractivity contribution in [3.8, 4) is 16.6 Å². The van der Waals surface area contributed by atoms with Gasteiger partial charge in [-0.2, -0.15) is 5.26 Å². The van der Waals surface area contributed by atoms with Crippen LogP contribution in [0.2, 0.25) is 0 Å². The Balaban J connectivity index is 1.92. The zero-order chi connectivity index (χ0) is 15.1. The van der Waals surface area contributed by atoms with Gasteiger partial charge < -0.3 is 0 Å². The van der Waals surface area contributed by atoms with Crippen LogP contribution in [0.25, 0.3) is 20.9 Å². The SMILES string of the molecule is N#Cc1cccc(-c2nc3c(=O)n4c(nc3s2)CCCC4)c1. The Labute approximate surface area is 130 Å². The van der Waals surface area contributed by atoms with Gasteiger partial charge in [-0.05, 0) is 25.0 Å². The molecule has 2 aromatic heterocycles. The summed E-state index contributed by atoms with van der Waals surface area (Å²) in [5.41, 5.74) is 1.83. The minimum atomic E-state index is -0.0429. The molecule has 4 rings (SSSR count). The van der Waals surface area contributed by atoms with E-state index in [2.05, 4.69) is 16.0 Å². The predicted molar refractivity (Wildman–Crippen MR) is 84.8 cm³/mol. The molecule has 0 amide bonds. The van der Waals surface area contributed by atoms with Gasteiger partial charge in [-0.25, -0.2) is 9.97 Å². The van der Waals surface area contributed by atoms with Crippen LogP contribution in [-0.2, 0) is 13.0 Å². The summed E-state index contributed by atoms with van der Waals surface area (Å²) in [6.07, 6.45) is 2.94. The first-order valence-corrected chi connectivity index (χ1v) is 7.99. The largest absolute Gasteiger partial charge is 0.295 e. The van der Waals surface area contributed by atoms with Crippen molar-refractivity contribution in [3.05, 3.63) is 46.0 Å². The zero-order valence-electron chi connectivity index (χ0n) is 11.7. The third-order valence-electron chi connectivity index (χ3n) is 3.87. The Morgan fingerprint density at radius 1 is 1.27 bits per heavy atom. The van der Waals surface area contributed by atoms with E-state index in [1.54, 1.807) is 16.7 Å². The summed E-state index contributed by atoms with van der Waals surface area (Å²) in [6.45, 7) is 0.730. The molecule has 0 atom stereocenters. The standard InChI is InChI=1S/C16H12N4OS/c17-9-10-4-3-5-11(8-10)14-19-13-15(22-14)18-12-6-1-2-7-20(12)16(13)21/h3-5,8H,1-2,6-7H2. The third-order valence-corrected chi connectivity index (χ3v) is 4.87. The smallest absolute Gasteiger partial charge is 0.280 e. The molecule has 0 bridgehead atoms. The van der Waals surface area contributed by atoms with E-state index in [-0.39, 0.29) is 5.56 Å². The Hall–Kier alpha value is -2.52. The van der Waals surface area contributed by atoms with E-state index >= 15 is 0 Å². The number of thiazole rings is 1. The second-order valence-corrected chi connectivity index (χ2v) is 6.28. The number of fused-ring (bicyclic) bond motifs is 2. The van der Waals surface area contributed by atoms with Gasteiger partial charge in [0.1, 0.15) is 10.8 Å². The zero-order valence-corrected chi connectivity index (χ0v) is 12.6. The first kappa shape index (κ1) is 13.2. The maximum Gasteiger partial charge on any atom is 0.280 e. The molecule has 3 heterocycles. The second kappa shape index (κ2) is 5.04. The summed E-state index contributed by atoms with van der Waals surface area (Å²) >= 11 is 1.41. The van der Waals surface area contributed by atoms with Crippen molar-refractivity contribution < 1.29 is 0 Å². The van der Waals surface area contributed by atoms with E-state index in [9.17, 15) is 4.79 Å². The molecule has 22 heavy (non-hydrogen) atoms. The van der Waals surface area contributed by atoms with Crippen LogP contribution in [0.3, 0.4) is 0 Å². The molecule has 0 fully saturated rings. The molecule has 0 saturated heterocycles. The van der Waals surface area contributed by atoms with Crippen molar-refractivity contribution >= 4 is 21.7 Å². The van der Waals surface area contributed by atoms with Crippen molar-refractivity contribution in [2.24, 2.45) is 0 Å². The summed E-state index contributed by atoms with van der Waals surface area (Å²) < 4.78 is 1.75. The van der Waals surface area contributed by atoms with Gasteiger partial charge >= 0.3 is 0 Å². The third kappa shape index (κ3) is 2.02. The van der Waals surface area contributed by atoms with E-state index in [4.69, 9.17) is 5.26 Å². The number of hydrogen-bond acceptors (Lipinski definition) is 5. The van der Waals surface area contributed by atoms with E-state index in [1.165, 1.54) is 11.3 Å². The molecule has 0 radical (unpaired) electrons. The van der Waals surface area contributed by atoms with Gasteiger partial charge in [0, 0.05) is 18.5 Å². The van der Waals surface area contributed by atoms with Gasteiger partial charge in [-0.15, -0.1) is 0 Å². The molecule has 1 aromatic carbocycles. The first-order valence-electron chi connectivity index (χ1n) is 7.17. The number of aryl methyl sites for hydroxylation is 1. The Morgan fingerprint density at radius 2 is 2.18 bits per heavy atom. The monoisotopic (exact) mass is 308 g/mol. The van der Waals surface area contributed by atoms with E-state index in [1.807, 2.05) is 12.1 Å². The lowest BCUT2D eigenvalue weighted by Gasteiger charge is -2.16. The quantitative estimate of drug-likeness (QED) is 0.693. The number of nitriles is 1. The molecule has 0 aliphatic carbocycles. The fourth-order valence-corrected chi connectivity index (χ4v) is 3.72. The summed E-state index contributed by atoms with van der Waals surface area (Å²) in [5.74, 6) is 0.865. The second-order valence-electron chi connectivity index (χ2n) is 5.31. The van der Waals surface area contributed by atoms with Crippen LogP contribution in [0.1, 0.15) is 24.2 Å². The maximum absolute atomic E-state index is 12.6. The minimum absolute atomic E-state index is 0.0429. The number of aromatic nitrogens is 3. The van der Waals surface area contributed by atoms with E-state index in [0.717, 1.165) is 42.2 Å². The van der Waals surface area contributed by atoms with Crippen LogP contribution in [0.15, 0.2) is 29.1 Å². The van der Waals surface area contributed by atoms with Gasteiger partial charge in [0.2, 0.25) is 0 Å². The normalized spacial score (nSPS) is 13.8. The van der Waals surface area contributed by atoms with Crippen LogP contribution >= 0.6 is 11.3 Å². The van der Waals surface area contributed by atoms with Gasteiger partial charge in [-0.1, -0.05) is 23.5 Å². The first-order chi connectivity index (χ1) is 10.8. The topological polar surface area (TPSA) is 71.6 Å². The molecule has 1 aliphatic rings. The molecule has 0 saturated carbocycles. The van der Waals surface area contributed by atoms with Crippen LogP contribution < -0.4 is 5.56 Å². The fourth-order valence-electron chi connectivity index (χ4n) is 2.77. The molecule has 3 aromatic rings. The van der Waals surface area contributed by atoms with Crippen LogP contribution in [0.4, 0.5) is 0 Å². The lowest BCUT2D eigenvalue weighted by atomic mass is 10.1. The van der Waals surface area contributed by atoms with Crippen LogP contribution in [0, 0.1) is 11.3 Å². The fraction of sp³-hybridized carbons (Fsp3) is 0.250. The van der Waals surface area contributed by atoms with Crippen molar-refractivity contribution in [3.63, 3.8) is 0 Å². The average molecular weight is 308 g/mol. The number of nitrogens with zero attached hydrogens (tertiary/aromatic N) is 4. The molecule has 0 spiro atoms. The number of hydrogen-bond donors (Lipinski definition) is 0. The van der Waals surface area contributed by atoms with Crippen molar-refractivity contribution in [1.82, 2.24) is 14.5 Å². The highest BCUT2D eigenvalue weighted by Gasteiger charge is 2.18. The number of benzene rings is 1. The predicted octanol–water partition coefficient (Wildman–Crippen LogP) is 2.73. The molecule has 0 N–H and O–H groups in total. The van der Waals surface area contributed by atoms with Gasteiger partial charge in [-0.3, -0.25) is 9.36 Å². The summed E-state index contributed by atoms with van der Waals surface area (Å²) in [4.78, 5) is 22.3. The van der Waals surface area contributed by atoms with Crippen molar-refractivity contribution in [2.75, 3.05) is 0 Å². The highest BCUT2D eigenvalue weighted by Crippen LogP contribution is 2.28.